The Labute approximate surface area is 98.2 Å². The van der Waals surface area contributed by atoms with Gasteiger partial charge in [0, 0.05) is 19.1 Å². The van der Waals surface area contributed by atoms with Crippen molar-refractivity contribution >= 4 is 5.97 Å². The maximum atomic E-state index is 10.8. The molecule has 0 aromatic heterocycles. The summed E-state index contributed by atoms with van der Waals surface area (Å²) in [6, 6.07) is 0.478. The molecule has 4 nitrogen and oxygen atoms in total. The largest absolute Gasteiger partial charge is 0.480 e. The Kier molecular flexibility index (Phi) is 5.22. The smallest absolute Gasteiger partial charge is 0.317 e. The van der Waals surface area contributed by atoms with Crippen molar-refractivity contribution in [2.75, 3.05) is 33.7 Å². The Morgan fingerprint density at radius 3 is 2.44 bits per heavy atom. The summed E-state index contributed by atoms with van der Waals surface area (Å²) in [5.74, 6) is 0.0407. The van der Waals surface area contributed by atoms with Crippen molar-refractivity contribution in [3.05, 3.63) is 0 Å². The van der Waals surface area contributed by atoms with Crippen molar-refractivity contribution in [1.29, 1.82) is 0 Å². The van der Waals surface area contributed by atoms with Crippen LogP contribution in [0, 0.1) is 5.92 Å². The van der Waals surface area contributed by atoms with Crippen LogP contribution in [0.2, 0.25) is 0 Å². The molecule has 0 spiro atoms. The number of carbonyl (C=O) groups is 1. The lowest BCUT2D eigenvalue weighted by atomic mass is 10.1. The summed E-state index contributed by atoms with van der Waals surface area (Å²) in [4.78, 5) is 15.1. The molecule has 1 N–H and O–H groups in total. The molecule has 0 saturated heterocycles. The van der Waals surface area contributed by atoms with Gasteiger partial charge in [-0.05, 0) is 39.3 Å². The van der Waals surface area contributed by atoms with E-state index < -0.39 is 5.97 Å². The monoisotopic (exact) mass is 228 g/mol. The molecule has 0 bridgehead atoms. The summed E-state index contributed by atoms with van der Waals surface area (Å²) in [6.07, 6.45) is 3.55. The van der Waals surface area contributed by atoms with E-state index in [9.17, 15) is 4.79 Å². The van der Waals surface area contributed by atoms with Gasteiger partial charge >= 0.3 is 5.97 Å². The highest BCUT2D eigenvalue weighted by Crippen LogP contribution is 2.28. The van der Waals surface area contributed by atoms with Crippen LogP contribution < -0.4 is 0 Å². The fraction of sp³-hybridized carbons (Fsp3) is 0.917. The normalized spacial score (nSPS) is 25.6. The predicted octanol–water partition coefficient (Wildman–Crippen LogP) is 1.12. The van der Waals surface area contributed by atoms with Gasteiger partial charge in [-0.3, -0.25) is 9.69 Å². The highest BCUT2D eigenvalue weighted by molar-refractivity contribution is 5.69. The van der Waals surface area contributed by atoms with Crippen molar-refractivity contribution in [3.63, 3.8) is 0 Å². The molecular weight excluding hydrogens is 204 g/mol. The minimum Gasteiger partial charge on any atom is -0.480 e. The van der Waals surface area contributed by atoms with Gasteiger partial charge in [-0.1, -0.05) is 6.92 Å². The van der Waals surface area contributed by atoms with E-state index in [0.717, 1.165) is 31.8 Å². The molecule has 1 saturated carbocycles. The summed E-state index contributed by atoms with van der Waals surface area (Å²) >= 11 is 0. The van der Waals surface area contributed by atoms with E-state index in [-0.39, 0.29) is 6.54 Å². The first kappa shape index (κ1) is 13.5. The van der Waals surface area contributed by atoms with Crippen molar-refractivity contribution in [1.82, 2.24) is 9.80 Å². The average molecular weight is 228 g/mol. The third-order valence-electron chi connectivity index (χ3n) is 3.36. The summed E-state index contributed by atoms with van der Waals surface area (Å²) in [5.41, 5.74) is 0. The first-order valence-electron chi connectivity index (χ1n) is 6.09. The van der Waals surface area contributed by atoms with Crippen molar-refractivity contribution in [2.45, 2.75) is 32.2 Å². The van der Waals surface area contributed by atoms with E-state index in [1.54, 1.807) is 0 Å². The summed E-state index contributed by atoms with van der Waals surface area (Å²) in [6.45, 7) is 4.23. The molecule has 2 unspecified atom stereocenters. The quantitative estimate of drug-likeness (QED) is 0.740. The molecule has 16 heavy (non-hydrogen) atoms. The minimum atomic E-state index is -0.710. The summed E-state index contributed by atoms with van der Waals surface area (Å²) in [7, 11) is 4.05. The van der Waals surface area contributed by atoms with Crippen LogP contribution in [0.4, 0.5) is 0 Å². The maximum absolute atomic E-state index is 10.8. The second kappa shape index (κ2) is 6.21. The Hall–Kier alpha value is -0.610. The second-order valence-corrected chi connectivity index (χ2v) is 5.24. The second-order valence-electron chi connectivity index (χ2n) is 5.24. The first-order valence-corrected chi connectivity index (χ1v) is 6.09. The lowest BCUT2D eigenvalue weighted by Gasteiger charge is -2.28. The number of carboxylic acid groups (broad SMARTS) is 1. The predicted molar refractivity (Wildman–Crippen MR) is 64.6 cm³/mol. The molecule has 0 aliphatic heterocycles. The highest BCUT2D eigenvalue weighted by Gasteiger charge is 2.27. The van der Waals surface area contributed by atoms with E-state index >= 15 is 0 Å². The number of nitrogens with zero attached hydrogens (tertiary/aromatic N) is 2. The number of hydrogen-bond donors (Lipinski definition) is 1. The molecule has 94 valence electrons. The number of aliphatic carboxylic acids is 1. The van der Waals surface area contributed by atoms with Crippen LogP contribution in [-0.4, -0.2) is 60.6 Å². The van der Waals surface area contributed by atoms with Crippen LogP contribution in [0.25, 0.3) is 0 Å². The maximum Gasteiger partial charge on any atom is 0.317 e. The zero-order chi connectivity index (χ0) is 12.1. The number of carboxylic acids is 1. The molecule has 0 heterocycles. The van der Waals surface area contributed by atoms with Gasteiger partial charge in [-0.15, -0.1) is 0 Å². The highest BCUT2D eigenvalue weighted by atomic mass is 16.4. The van der Waals surface area contributed by atoms with Crippen LogP contribution in [0.5, 0.6) is 0 Å². The van der Waals surface area contributed by atoms with E-state index in [2.05, 4.69) is 16.7 Å². The Bertz CT molecular complexity index is 231. The van der Waals surface area contributed by atoms with Crippen LogP contribution in [-0.2, 0) is 4.79 Å². The van der Waals surface area contributed by atoms with E-state index in [4.69, 9.17) is 5.11 Å². The van der Waals surface area contributed by atoms with Crippen LogP contribution in [0.15, 0.2) is 0 Å². The van der Waals surface area contributed by atoms with Gasteiger partial charge in [0.2, 0.25) is 0 Å². The number of likely N-dealkylation sites (N-methyl/N-ethyl adjacent to an activating group) is 1. The lowest BCUT2D eigenvalue weighted by Crippen LogP contribution is -2.41. The third-order valence-corrected chi connectivity index (χ3v) is 3.36. The van der Waals surface area contributed by atoms with E-state index in [1.807, 2.05) is 14.1 Å². The average Bonchev–Trinajstić information content (AvgIpc) is 2.58. The van der Waals surface area contributed by atoms with Crippen molar-refractivity contribution in [3.8, 4) is 0 Å². The molecule has 0 aromatic carbocycles. The van der Waals surface area contributed by atoms with Gasteiger partial charge in [0.05, 0.1) is 6.54 Å². The van der Waals surface area contributed by atoms with Gasteiger partial charge < -0.3 is 10.0 Å². The third kappa shape index (κ3) is 4.49. The van der Waals surface area contributed by atoms with E-state index in [0.29, 0.717) is 6.04 Å². The van der Waals surface area contributed by atoms with Gasteiger partial charge in [-0.2, -0.15) is 0 Å². The zero-order valence-electron chi connectivity index (χ0n) is 10.6. The molecule has 0 radical (unpaired) electrons. The van der Waals surface area contributed by atoms with E-state index in [1.165, 1.54) is 6.42 Å². The zero-order valence-corrected chi connectivity index (χ0v) is 10.6. The molecule has 1 aliphatic carbocycles. The molecule has 1 fully saturated rings. The number of hydrogen-bond acceptors (Lipinski definition) is 3. The standard InChI is InChI=1S/C12H24N2O2/c1-10-4-5-11(8-10)14(9-12(15)16)7-6-13(2)3/h10-11H,4-9H2,1-3H3,(H,15,16). The molecule has 0 amide bonds. The Morgan fingerprint density at radius 2 is 2.00 bits per heavy atom. The molecule has 0 aromatic rings. The molecule has 1 aliphatic rings. The molecule has 1 rings (SSSR count). The van der Waals surface area contributed by atoms with Crippen molar-refractivity contribution < 1.29 is 9.90 Å². The number of rotatable bonds is 6. The first-order chi connectivity index (χ1) is 7.49. The fourth-order valence-corrected chi connectivity index (χ4v) is 2.40. The summed E-state index contributed by atoms with van der Waals surface area (Å²) < 4.78 is 0. The van der Waals surface area contributed by atoms with Crippen LogP contribution in [0.1, 0.15) is 26.2 Å². The topological polar surface area (TPSA) is 43.8 Å². The molecule has 4 heteroatoms. The van der Waals surface area contributed by atoms with Gasteiger partial charge in [-0.25, -0.2) is 0 Å². The van der Waals surface area contributed by atoms with Crippen LogP contribution in [0.3, 0.4) is 0 Å². The Morgan fingerprint density at radius 1 is 1.31 bits per heavy atom. The fourth-order valence-electron chi connectivity index (χ4n) is 2.40. The molecule has 2 atom stereocenters. The Balaban J connectivity index is 2.46. The SMILES string of the molecule is CC1CCC(N(CCN(C)C)CC(=O)O)C1. The van der Waals surface area contributed by atoms with Gasteiger partial charge in [0.15, 0.2) is 0 Å². The van der Waals surface area contributed by atoms with Gasteiger partial charge in [0.25, 0.3) is 0 Å². The van der Waals surface area contributed by atoms with Gasteiger partial charge in [0.1, 0.15) is 0 Å². The minimum absolute atomic E-state index is 0.186. The van der Waals surface area contributed by atoms with Crippen LogP contribution >= 0.6 is 0 Å². The molecular formula is C12H24N2O2. The van der Waals surface area contributed by atoms with Crippen molar-refractivity contribution in [2.24, 2.45) is 5.92 Å². The lowest BCUT2D eigenvalue weighted by molar-refractivity contribution is -0.139. The summed E-state index contributed by atoms with van der Waals surface area (Å²) in [5, 5.41) is 8.92.